The normalized spacial score (nSPS) is 12.2. The molecule has 100 valence electrons. The summed E-state index contributed by atoms with van der Waals surface area (Å²) in [4.78, 5) is 16.6. The van der Waals surface area contributed by atoms with Crippen molar-refractivity contribution in [2.45, 2.75) is 19.4 Å². The number of benzene rings is 1. The highest BCUT2D eigenvalue weighted by Gasteiger charge is 2.12. The summed E-state index contributed by atoms with van der Waals surface area (Å²) in [5.74, 6) is -0.296. The van der Waals surface area contributed by atoms with Crippen LogP contribution in [0.1, 0.15) is 23.7 Å². The van der Waals surface area contributed by atoms with Gasteiger partial charge in [-0.05, 0) is 18.1 Å². The zero-order valence-electron chi connectivity index (χ0n) is 10.9. The molecule has 0 bridgehead atoms. The number of hydrogen-bond donors (Lipinski definition) is 1. The molecule has 1 heterocycles. The van der Waals surface area contributed by atoms with Gasteiger partial charge in [0.2, 0.25) is 0 Å². The quantitative estimate of drug-likeness (QED) is 0.872. The lowest BCUT2D eigenvalue weighted by Crippen LogP contribution is -2.16. The summed E-state index contributed by atoms with van der Waals surface area (Å²) in [7, 11) is 1.37. The number of nitrogens with two attached hydrogens (primary N) is 1. The van der Waals surface area contributed by atoms with Gasteiger partial charge in [0.1, 0.15) is 0 Å². The molecular formula is C14H16N2O2S. The Balaban J connectivity index is 2.15. The second-order valence-corrected chi connectivity index (χ2v) is 5.13. The van der Waals surface area contributed by atoms with Gasteiger partial charge < -0.3 is 10.5 Å². The van der Waals surface area contributed by atoms with E-state index in [0.717, 1.165) is 21.7 Å². The Bertz CT molecular complexity index is 563. The Morgan fingerprint density at radius 2 is 2.11 bits per heavy atom. The third-order valence-electron chi connectivity index (χ3n) is 2.96. The maximum Gasteiger partial charge on any atom is 0.307 e. The maximum absolute atomic E-state index is 11.2. The average Bonchev–Trinajstić information content (AvgIpc) is 2.85. The van der Waals surface area contributed by atoms with Crippen molar-refractivity contribution >= 4 is 17.3 Å². The number of esters is 1. The van der Waals surface area contributed by atoms with Crippen molar-refractivity contribution in [3.63, 3.8) is 0 Å². The lowest BCUT2D eigenvalue weighted by atomic mass is 10.0. The van der Waals surface area contributed by atoms with Crippen LogP contribution in [0.25, 0.3) is 10.4 Å². The summed E-state index contributed by atoms with van der Waals surface area (Å²) >= 11 is 1.61. The van der Waals surface area contributed by atoms with Gasteiger partial charge in [-0.25, -0.2) is 4.98 Å². The summed E-state index contributed by atoms with van der Waals surface area (Å²) in [6.07, 6.45) is 0.190. The van der Waals surface area contributed by atoms with E-state index in [2.05, 4.69) is 9.72 Å². The van der Waals surface area contributed by atoms with Crippen molar-refractivity contribution in [3.8, 4) is 10.4 Å². The van der Waals surface area contributed by atoms with Gasteiger partial charge in [-0.2, -0.15) is 0 Å². The van der Waals surface area contributed by atoms with Gasteiger partial charge in [-0.15, -0.1) is 11.3 Å². The lowest BCUT2D eigenvalue weighted by Gasteiger charge is -2.11. The molecular weight excluding hydrogens is 260 g/mol. The second-order valence-electron chi connectivity index (χ2n) is 4.28. The van der Waals surface area contributed by atoms with Crippen molar-refractivity contribution < 1.29 is 9.53 Å². The number of methoxy groups -OCH3 is 1. The number of carbonyl (C=O) groups excluding carboxylic acids is 1. The molecule has 1 aromatic heterocycles. The van der Waals surface area contributed by atoms with Gasteiger partial charge in [0.05, 0.1) is 29.6 Å². The minimum absolute atomic E-state index is 0.190. The molecule has 0 amide bonds. The highest BCUT2D eigenvalue weighted by molar-refractivity contribution is 7.13. The zero-order valence-corrected chi connectivity index (χ0v) is 11.7. The average molecular weight is 276 g/mol. The first-order valence-corrected chi connectivity index (χ1v) is 6.82. The molecule has 1 atom stereocenters. The fraction of sp³-hybridized carbons (Fsp3) is 0.286. The van der Waals surface area contributed by atoms with Gasteiger partial charge in [0.15, 0.2) is 0 Å². The third-order valence-corrected chi connectivity index (χ3v) is 3.94. The molecule has 0 saturated carbocycles. The van der Waals surface area contributed by atoms with Crippen LogP contribution in [0.15, 0.2) is 29.8 Å². The highest BCUT2D eigenvalue weighted by Crippen LogP contribution is 2.28. The Labute approximate surface area is 116 Å². The van der Waals surface area contributed by atoms with Crippen LogP contribution in [0.5, 0.6) is 0 Å². The fourth-order valence-corrected chi connectivity index (χ4v) is 2.65. The zero-order chi connectivity index (χ0) is 13.8. The predicted octanol–water partition coefficient (Wildman–Crippen LogP) is 2.68. The van der Waals surface area contributed by atoms with Crippen LogP contribution in [0.4, 0.5) is 0 Å². The molecule has 2 rings (SSSR count). The van der Waals surface area contributed by atoms with E-state index in [1.54, 1.807) is 11.3 Å². The number of rotatable bonds is 4. The first-order chi connectivity index (χ1) is 9.11. The molecule has 0 aliphatic rings. The molecule has 4 nitrogen and oxygen atoms in total. The van der Waals surface area contributed by atoms with E-state index in [-0.39, 0.29) is 18.4 Å². The van der Waals surface area contributed by atoms with Crippen molar-refractivity contribution in [1.29, 1.82) is 0 Å². The topological polar surface area (TPSA) is 65.2 Å². The first kappa shape index (κ1) is 13.7. The summed E-state index contributed by atoms with van der Waals surface area (Å²) < 4.78 is 4.62. The number of ether oxygens (including phenoxy) is 1. The van der Waals surface area contributed by atoms with Gasteiger partial charge >= 0.3 is 5.97 Å². The van der Waals surface area contributed by atoms with Crippen molar-refractivity contribution in [2.75, 3.05) is 7.11 Å². The van der Waals surface area contributed by atoms with Crippen LogP contribution >= 0.6 is 11.3 Å². The number of nitrogens with zero attached hydrogens (tertiary/aromatic N) is 1. The van der Waals surface area contributed by atoms with Crippen LogP contribution in [0.2, 0.25) is 0 Å². The number of aromatic nitrogens is 1. The van der Waals surface area contributed by atoms with Gasteiger partial charge in [-0.3, -0.25) is 4.79 Å². The molecule has 2 N–H and O–H groups in total. The van der Waals surface area contributed by atoms with Crippen LogP contribution in [0.3, 0.4) is 0 Å². The summed E-state index contributed by atoms with van der Waals surface area (Å²) in [6, 6.07) is 7.58. The van der Waals surface area contributed by atoms with Gasteiger partial charge in [-0.1, -0.05) is 24.3 Å². The Kier molecular flexibility index (Phi) is 4.29. The molecule has 1 aromatic carbocycles. The van der Waals surface area contributed by atoms with E-state index in [4.69, 9.17) is 5.73 Å². The number of aryl methyl sites for hydroxylation is 1. The second kappa shape index (κ2) is 5.95. The lowest BCUT2D eigenvalue weighted by molar-refractivity contribution is -0.141. The molecule has 0 fully saturated rings. The van der Waals surface area contributed by atoms with Crippen molar-refractivity contribution in [2.24, 2.45) is 5.73 Å². The molecule has 1 unspecified atom stereocenters. The molecule has 0 aliphatic heterocycles. The van der Waals surface area contributed by atoms with E-state index in [0.29, 0.717) is 0 Å². The van der Waals surface area contributed by atoms with Gasteiger partial charge in [0, 0.05) is 6.04 Å². The van der Waals surface area contributed by atoms with E-state index >= 15 is 0 Å². The number of carbonyl (C=O) groups is 1. The Hall–Kier alpha value is -1.72. The summed E-state index contributed by atoms with van der Waals surface area (Å²) in [6.45, 7) is 1.99. The number of thiazole rings is 1. The minimum Gasteiger partial charge on any atom is -0.469 e. The van der Waals surface area contributed by atoms with Crippen LogP contribution in [0, 0.1) is 6.92 Å². The molecule has 19 heavy (non-hydrogen) atoms. The van der Waals surface area contributed by atoms with E-state index < -0.39 is 0 Å². The van der Waals surface area contributed by atoms with E-state index in [1.807, 2.05) is 36.7 Å². The smallest absolute Gasteiger partial charge is 0.307 e. The van der Waals surface area contributed by atoms with Crippen LogP contribution in [-0.4, -0.2) is 18.1 Å². The van der Waals surface area contributed by atoms with Crippen molar-refractivity contribution in [3.05, 3.63) is 41.0 Å². The van der Waals surface area contributed by atoms with Gasteiger partial charge in [0.25, 0.3) is 0 Å². The molecule has 0 radical (unpaired) electrons. The molecule has 5 heteroatoms. The molecule has 0 aliphatic carbocycles. The molecule has 0 spiro atoms. The molecule has 0 saturated heterocycles. The fourth-order valence-electron chi connectivity index (χ4n) is 1.84. The summed E-state index contributed by atoms with van der Waals surface area (Å²) in [5, 5.41) is 0. The minimum atomic E-state index is -0.330. The van der Waals surface area contributed by atoms with Crippen LogP contribution in [-0.2, 0) is 9.53 Å². The largest absolute Gasteiger partial charge is 0.469 e. The predicted molar refractivity (Wildman–Crippen MR) is 75.8 cm³/mol. The molecule has 2 aromatic rings. The highest BCUT2D eigenvalue weighted by atomic mass is 32.1. The van der Waals surface area contributed by atoms with E-state index in [1.165, 1.54) is 7.11 Å². The number of hydrogen-bond acceptors (Lipinski definition) is 5. The Morgan fingerprint density at radius 1 is 1.42 bits per heavy atom. The monoisotopic (exact) mass is 276 g/mol. The SMILES string of the molecule is COC(=O)CC(N)c1ccc(-c2scnc2C)cc1. The maximum atomic E-state index is 11.2. The standard InChI is InChI=1S/C14H16N2O2S/c1-9-14(19-8-16-9)11-5-3-10(4-6-11)12(15)7-13(17)18-2/h3-6,8,12H,7,15H2,1-2H3. The Morgan fingerprint density at radius 3 is 2.63 bits per heavy atom. The van der Waals surface area contributed by atoms with Crippen molar-refractivity contribution in [1.82, 2.24) is 4.98 Å². The van der Waals surface area contributed by atoms with Crippen LogP contribution < -0.4 is 5.73 Å². The third kappa shape index (κ3) is 3.19. The summed E-state index contributed by atoms with van der Waals surface area (Å²) in [5.41, 5.74) is 10.9. The first-order valence-electron chi connectivity index (χ1n) is 5.94. The van der Waals surface area contributed by atoms with E-state index in [9.17, 15) is 4.79 Å².